The van der Waals surface area contributed by atoms with Crippen LogP contribution in [-0.2, 0) is 11.3 Å². The first-order valence-corrected chi connectivity index (χ1v) is 11.5. The maximum absolute atomic E-state index is 14.0. The van der Waals surface area contributed by atoms with E-state index in [2.05, 4.69) is 34.7 Å². The molecule has 6 nitrogen and oxygen atoms in total. The van der Waals surface area contributed by atoms with Gasteiger partial charge >= 0.3 is 0 Å². The smallest absolute Gasteiger partial charge is 0.233 e. The van der Waals surface area contributed by atoms with Crippen LogP contribution in [0.1, 0.15) is 12.5 Å². The first-order valence-electron chi connectivity index (χ1n) is 10.5. The van der Waals surface area contributed by atoms with E-state index in [4.69, 9.17) is 0 Å². The first-order chi connectivity index (χ1) is 15.1. The van der Waals surface area contributed by atoms with E-state index in [1.807, 2.05) is 34.1 Å². The minimum Gasteiger partial charge on any atom is -0.366 e. The summed E-state index contributed by atoms with van der Waals surface area (Å²) < 4.78 is 16.1. The zero-order chi connectivity index (χ0) is 21.8. The molecule has 1 aliphatic heterocycles. The molecule has 0 radical (unpaired) electrons. The fraction of sp³-hybridized carbons (Fsp3) is 0.348. The van der Waals surface area contributed by atoms with E-state index in [1.54, 1.807) is 12.1 Å². The van der Waals surface area contributed by atoms with E-state index in [1.165, 1.54) is 17.8 Å². The van der Waals surface area contributed by atoms with E-state index in [-0.39, 0.29) is 11.7 Å². The number of rotatable bonds is 6. The van der Waals surface area contributed by atoms with Gasteiger partial charge in [0.2, 0.25) is 5.91 Å². The van der Waals surface area contributed by atoms with Gasteiger partial charge in [0.05, 0.1) is 11.4 Å². The summed E-state index contributed by atoms with van der Waals surface area (Å²) in [5, 5.41) is 9.47. The summed E-state index contributed by atoms with van der Waals surface area (Å²) in [6, 6.07) is 14.9. The molecule has 1 amide bonds. The molecule has 0 N–H and O–H groups in total. The fourth-order valence-corrected chi connectivity index (χ4v) is 4.73. The Balaban J connectivity index is 1.37. The molecule has 2 aromatic carbocycles. The molecule has 4 rings (SSSR count). The molecule has 31 heavy (non-hydrogen) atoms. The Bertz CT molecular complexity index is 1060. The summed E-state index contributed by atoms with van der Waals surface area (Å²) in [6.45, 7) is 7.26. The van der Waals surface area contributed by atoms with Crippen molar-refractivity contribution in [1.82, 2.24) is 19.7 Å². The summed E-state index contributed by atoms with van der Waals surface area (Å²) in [6.07, 6.45) is 0. The van der Waals surface area contributed by atoms with Crippen molar-refractivity contribution in [3.05, 3.63) is 59.9 Å². The summed E-state index contributed by atoms with van der Waals surface area (Å²) in [7, 11) is 0. The molecular formula is C23H26FN5OS. The van der Waals surface area contributed by atoms with Crippen molar-refractivity contribution in [3.8, 4) is 11.4 Å². The van der Waals surface area contributed by atoms with Gasteiger partial charge in [-0.05, 0) is 31.5 Å². The Kier molecular flexibility index (Phi) is 6.56. The molecule has 0 unspecified atom stereocenters. The molecule has 3 aromatic rings. The van der Waals surface area contributed by atoms with Gasteiger partial charge in [-0.1, -0.05) is 48.2 Å². The Morgan fingerprint density at radius 2 is 1.74 bits per heavy atom. The van der Waals surface area contributed by atoms with Gasteiger partial charge in [-0.15, -0.1) is 10.2 Å². The lowest BCUT2D eigenvalue weighted by molar-refractivity contribution is -0.128. The van der Waals surface area contributed by atoms with Crippen LogP contribution in [0.3, 0.4) is 0 Å². The van der Waals surface area contributed by atoms with E-state index < -0.39 is 0 Å². The van der Waals surface area contributed by atoms with Crippen LogP contribution in [0.2, 0.25) is 0 Å². The quantitative estimate of drug-likeness (QED) is 0.546. The van der Waals surface area contributed by atoms with Gasteiger partial charge < -0.3 is 14.4 Å². The molecule has 0 bridgehead atoms. The number of nitrogens with zero attached hydrogens (tertiary/aromatic N) is 5. The van der Waals surface area contributed by atoms with Crippen LogP contribution in [0.15, 0.2) is 53.7 Å². The number of aromatic nitrogens is 3. The highest BCUT2D eigenvalue weighted by Crippen LogP contribution is 2.26. The number of thioether (sulfide) groups is 1. The second-order valence-electron chi connectivity index (χ2n) is 7.47. The first kappa shape index (κ1) is 21.4. The summed E-state index contributed by atoms with van der Waals surface area (Å²) in [5.41, 5.74) is 2.80. The number of benzene rings is 2. The number of carbonyl (C=O) groups is 1. The maximum Gasteiger partial charge on any atom is 0.233 e. The molecule has 0 saturated carbocycles. The number of anilines is 1. The van der Waals surface area contributed by atoms with Gasteiger partial charge in [-0.3, -0.25) is 4.79 Å². The molecule has 1 fully saturated rings. The van der Waals surface area contributed by atoms with Crippen LogP contribution < -0.4 is 4.90 Å². The number of halogens is 1. The van der Waals surface area contributed by atoms with Crippen LogP contribution in [-0.4, -0.2) is 57.5 Å². The molecule has 0 atom stereocenters. The van der Waals surface area contributed by atoms with Gasteiger partial charge in [-0.25, -0.2) is 4.39 Å². The standard InChI is InChI=1S/C23H26FN5OS/c1-3-29-22(18-9-5-4-8-17(18)2)25-26-23(29)31-16-21(30)28-14-12-27(13-15-28)20-11-7-6-10-19(20)24/h4-11H,3,12-16H2,1-2H3. The molecule has 162 valence electrons. The van der Waals surface area contributed by atoms with Gasteiger partial charge in [0.1, 0.15) is 5.82 Å². The number of hydrogen-bond donors (Lipinski definition) is 0. The number of para-hydroxylation sites is 1. The number of hydrogen-bond acceptors (Lipinski definition) is 5. The average molecular weight is 440 g/mol. The summed E-state index contributed by atoms with van der Waals surface area (Å²) in [5.74, 6) is 0.988. The predicted octanol–water partition coefficient (Wildman–Crippen LogP) is 3.85. The van der Waals surface area contributed by atoms with Crippen molar-refractivity contribution in [1.29, 1.82) is 0 Å². The number of piperazine rings is 1. The Hall–Kier alpha value is -2.87. The minimum atomic E-state index is -0.221. The molecular weight excluding hydrogens is 413 g/mol. The third-order valence-corrected chi connectivity index (χ3v) is 6.52. The minimum absolute atomic E-state index is 0.0706. The third-order valence-electron chi connectivity index (χ3n) is 5.57. The Morgan fingerprint density at radius 3 is 2.45 bits per heavy atom. The van der Waals surface area contributed by atoms with Gasteiger partial charge in [-0.2, -0.15) is 0 Å². The van der Waals surface area contributed by atoms with E-state index >= 15 is 0 Å². The van der Waals surface area contributed by atoms with Crippen LogP contribution in [0, 0.1) is 12.7 Å². The maximum atomic E-state index is 14.0. The lowest BCUT2D eigenvalue weighted by atomic mass is 10.1. The number of aryl methyl sites for hydroxylation is 1. The largest absolute Gasteiger partial charge is 0.366 e. The highest BCUT2D eigenvalue weighted by molar-refractivity contribution is 7.99. The third kappa shape index (κ3) is 4.58. The van der Waals surface area contributed by atoms with Crippen LogP contribution in [0.5, 0.6) is 0 Å². The number of carbonyl (C=O) groups excluding carboxylic acids is 1. The van der Waals surface area contributed by atoms with Crippen molar-refractivity contribution < 1.29 is 9.18 Å². The number of amides is 1. The highest BCUT2D eigenvalue weighted by Gasteiger charge is 2.23. The molecule has 1 saturated heterocycles. The average Bonchev–Trinajstić information content (AvgIpc) is 3.21. The van der Waals surface area contributed by atoms with Crippen molar-refractivity contribution in [2.45, 2.75) is 25.5 Å². The monoisotopic (exact) mass is 439 g/mol. The second kappa shape index (κ2) is 9.51. The summed E-state index contributed by atoms with van der Waals surface area (Å²) in [4.78, 5) is 16.6. The van der Waals surface area contributed by atoms with Gasteiger partial charge in [0, 0.05) is 38.3 Å². The van der Waals surface area contributed by atoms with Gasteiger partial charge in [0.25, 0.3) is 0 Å². The lowest BCUT2D eigenvalue weighted by Gasteiger charge is -2.36. The SMILES string of the molecule is CCn1c(SCC(=O)N2CCN(c3ccccc3F)CC2)nnc1-c1ccccc1C. The van der Waals surface area contributed by atoms with Crippen molar-refractivity contribution in [3.63, 3.8) is 0 Å². The van der Waals surface area contributed by atoms with Crippen LogP contribution in [0.4, 0.5) is 10.1 Å². The normalized spacial score (nSPS) is 14.2. The second-order valence-corrected chi connectivity index (χ2v) is 8.42. The fourth-order valence-electron chi connectivity index (χ4n) is 3.83. The van der Waals surface area contributed by atoms with Crippen LogP contribution >= 0.6 is 11.8 Å². The predicted molar refractivity (Wildman–Crippen MR) is 122 cm³/mol. The molecule has 1 aliphatic rings. The zero-order valence-corrected chi connectivity index (χ0v) is 18.6. The molecule has 2 heterocycles. The molecule has 1 aromatic heterocycles. The summed E-state index contributed by atoms with van der Waals surface area (Å²) >= 11 is 1.42. The zero-order valence-electron chi connectivity index (χ0n) is 17.8. The Morgan fingerprint density at radius 1 is 1.03 bits per heavy atom. The molecule has 0 spiro atoms. The van der Waals surface area contributed by atoms with E-state index in [0.29, 0.717) is 37.6 Å². The molecule has 0 aliphatic carbocycles. The Labute approximate surface area is 186 Å². The highest BCUT2D eigenvalue weighted by atomic mass is 32.2. The van der Waals surface area contributed by atoms with E-state index in [9.17, 15) is 9.18 Å². The van der Waals surface area contributed by atoms with Crippen LogP contribution in [0.25, 0.3) is 11.4 Å². The van der Waals surface area contributed by atoms with Gasteiger partial charge in [0.15, 0.2) is 11.0 Å². The molecule has 8 heteroatoms. The van der Waals surface area contributed by atoms with Crippen molar-refractivity contribution in [2.24, 2.45) is 0 Å². The van der Waals surface area contributed by atoms with E-state index in [0.717, 1.165) is 28.7 Å². The van der Waals surface area contributed by atoms with Crippen molar-refractivity contribution in [2.75, 3.05) is 36.8 Å². The topological polar surface area (TPSA) is 54.3 Å². The van der Waals surface area contributed by atoms with Crippen molar-refractivity contribution >= 4 is 23.4 Å². The lowest BCUT2D eigenvalue weighted by Crippen LogP contribution is -2.49.